The number of aliphatic hydroxyl groups is 1. The van der Waals surface area contributed by atoms with Crippen molar-refractivity contribution in [3.63, 3.8) is 0 Å². The lowest BCUT2D eigenvalue weighted by Crippen LogP contribution is -2.52. The molecule has 0 spiro atoms. The van der Waals surface area contributed by atoms with Crippen LogP contribution in [-0.4, -0.2) is 48.2 Å². The molecular weight excluding hydrogens is 451 g/mol. The number of nitrogens with one attached hydrogen (secondary N) is 1. The fourth-order valence-corrected chi connectivity index (χ4v) is 3.42. The first-order valence-electron chi connectivity index (χ1n) is 11.0. The van der Waals surface area contributed by atoms with Gasteiger partial charge in [-0.2, -0.15) is 13.8 Å². The molecule has 2 aromatic rings. The molecule has 1 aromatic heterocycles. The zero-order chi connectivity index (χ0) is 25.4. The van der Waals surface area contributed by atoms with Crippen LogP contribution >= 0.6 is 0 Å². The molecule has 188 valence electrons. The molecule has 1 heterocycles. The maximum absolute atomic E-state index is 13.3. The van der Waals surface area contributed by atoms with E-state index in [4.69, 9.17) is 4.74 Å². The van der Waals surface area contributed by atoms with Crippen molar-refractivity contribution < 1.29 is 32.5 Å². The van der Waals surface area contributed by atoms with Crippen LogP contribution in [0.4, 0.5) is 29.3 Å². The first kappa shape index (κ1) is 27.2. The second-order valence-electron chi connectivity index (χ2n) is 8.39. The zero-order valence-electron chi connectivity index (χ0n) is 20.0. The highest BCUT2D eigenvalue weighted by atomic mass is 19.3. The van der Waals surface area contributed by atoms with Gasteiger partial charge in [-0.15, -0.1) is 0 Å². The fourth-order valence-electron chi connectivity index (χ4n) is 3.42. The number of para-hydroxylation sites is 1. The number of hydrogen-bond acceptors (Lipinski definition) is 5. The molecule has 0 aliphatic heterocycles. The van der Waals surface area contributed by atoms with Crippen LogP contribution in [0.2, 0.25) is 0 Å². The van der Waals surface area contributed by atoms with E-state index >= 15 is 0 Å². The van der Waals surface area contributed by atoms with Gasteiger partial charge in [-0.05, 0) is 50.3 Å². The number of anilines is 2. The highest BCUT2D eigenvalue weighted by Gasteiger charge is 2.37. The normalized spacial score (nSPS) is 17.1. The van der Waals surface area contributed by atoms with Gasteiger partial charge in [-0.3, -0.25) is 4.90 Å². The maximum Gasteiger partial charge on any atom is 0.388 e. The number of carbonyl (C=O) groups is 1. The Morgan fingerprint density at radius 1 is 1.12 bits per heavy atom. The molecular formula is C24H32F3N3O4. The third-order valence-corrected chi connectivity index (χ3v) is 4.98. The number of nitrogens with zero attached hydrogens (tertiary/aromatic N) is 2. The Hall–Kier alpha value is -3.01. The lowest BCUT2D eigenvalue weighted by molar-refractivity contribution is -0.0525. The Labute approximate surface area is 197 Å². The molecule has 0 saturated heterocycles. The van der Waals surface area contributed by atoms with Crippen molar-refractivity contribution in [2.24, 2.45) is 0 Å². The number of halogens is 3. The zero-order valence-corrected chi connectivity index (χ0v) is 20.0. The van der Waals surface area contributed by atoms with Crippen molar-refractivity contribution in [3.8, 4) is 11.8 Å². The molecule has 1 aromatic carbocycles. The Balaban J connectivity index is 0.000000945. The Bertz CT molecular complexity index is 935. The summed E-state index contributed by atoms with van der Waals surface area (Å²) in [5.41, 5.74) is 1.67. The van der Waals surface area contributed by atoms with Crippen LogP contribution in [0.3, 0.4) is 0 Å². The van der Waals surface area contributed by atoms with Crippen LogP contribution in [0.15, 0.2) is 36.4 Å². The largest absolute Gasteiger partial charge is 0.481 e. The summed E-state index contributed by atoms with van der Waals surface area (Å²) in [5.74, 6) is -0.210. The molecule has 7 nitrogen and oxygen atoms in total. The van der Waals surface area contributed by atoms with Crippen molar-refractivity contribution in [3.05, 3.63) is 42.0 Å². The van der Waals surface area contributed by atoms with Gasteiger partial charge >= 0.3 is 12.6 Å². The average Bonchev–Trinajstić information content (AvgIpc) is 2.73. The SMILES string of the molecule is CC(C)F.COc1ccc(NC(=O)N(c2ccccc2C(C)C)C2CC(O)C2)c(OC(F)F)n1. The lowest BCUT2D eigenvalue weighted by atomic mass is 9.87. The van der Waals surface area contributed by atoms with Crippen LogP contribution < -0.4 is 19.7 Å². The van der Waals surface area contributed by atoms with E-state index in [1.807, 2.05) is 38.1 Å². The number of urea groups is 1. The summed E-state index contributed by atoms with van der Waals surface area (Å²) in [4.78, 5) is 18.7. The minimum absolute atomic E-state index is 0.00648. The monoisotopic (exact) mass is 483 g/mol. The molecule has 0 atom stereocenters. The first-order chi connectivity index (χ1) is 16.0. The first-order valence-corrected chi connectivity index (χ1v) is 11.0. The molecule has 0 radical (unpaired) electrons. The van der Waals surface area contributed by atoms with Gasteiger partial charge in [-0.25, -0.2) is 9.18 Å². The van der Waals surface area contributed by atoms with E-state index < -0.39 is 30.8 Å². The molecule has 2 amide bonds. The van der Waals surface area contributed by atoms with Crippen LogP contribution in [0.5, 0.6) is 11.8 Å². The number of rotatable bonds is 7. The summed E-state index contributed by atoms with van der Waals surface area (Å²) in [5, 5.41) is 12.4. The van der Waals surface area contributed by atoms with Gasteiger partial charge in [0.25, 0.3) is 0 Å². The summed E-state index contributed by atoms with van der Waals surface area (Å²) >= 11 is 0. The maximum atomic E-state index is 13.3. The number of ether oxygens (including phenoxy) is 2. The molecule has 1 saturated carbocycles. The van der Waals surface area contributed by atoms with Crippen molar-refractivity contribution >= 4 is 17.4 Å². The molecule has 0 unspecified atom stereocenters. The number of pyridine rings is 1. The Kier molecular flexibility index (Phi) is 9.97. The Morgan fingerprint density at radius 3 is 2.26 bits per heavy atom. The standard InChI is InChI=1S/C21H25F2N3O4.C3H7F/c1-12(2)15-6-4-5-7-17(15)26(13-10-14(27)11-13)21(28)24-16-8-9-18(29-3)25-19(16)30-20(22)23;1-3(2)4/h4-9,12-14,20,27H,10-11H2,1-3H3,(H,24,28);3H,1-2H3. The summed E-state index contributed by atoms with van der Waals surface area (Å²) in [6, 6.07) is 9.59. The quantitative estimate of drug-likeness (QED) is 0.525. The van der Waals surface area contributed by atoms with E-state index in [0.29, 0.717) is 18.5 Å². The van der Waals surface area contributed by atoms with Crippen molar-refractivity contribution in [2.75, 3.05) is 17.3 Å². The number of methoxy groups -OCH3 is 1. The molecule has 10 heteroatoms. The van der Waals surface area contributed by atoms with Gasteiger partial charge < -0.3 is 19.9 Å². The van der Waals surface area contributed by atoms with E-state index in [1.165, 1.54) is 33.1 Å². The van der Waals surface area contributed by atoms with Gasteiger partial charge in [0.15, 0.2) is 0 Å². The van der Waals surface area contributed by atoms with Crippen LogP contribution in [0, 0.1) is 0 Å². The number of alkyl halides is 3. The molecule has 2 N–H and O–H groups in total. The minimum atomic E-state index is -3.11. The number of carbonyl (C=O) groups excluding carboxylic acids is 1. The van der Waals surface area contributed by atoms with E-state index in [-0.39, 0.29) is 23.5 Å². The van der Waals surface area contributed by atoms with Gasteiger partial charge in [-0.1, -0.05) is 32.0 Å². The van der Waals surface area contributed by atoms with Gasteiger partial charge in [0.1, 0.15) is 5.69 Å². The van der Waals surface area contributed by atoms with Crippen LogP contribution in [-0.2, 0) is 0 Å². The summed E-state index contributed by atoms with van der Waals surface area (Å²) in [6.07, 6.45) is -0.278. The molecule has 1 aliphatic rings. The van der Waals surface area contributed by atoms with E-state index in [1.54, 1.807) is 4.90 Å². The summed E-state index contributed by atoms with van der Waals surface area (Å²) in [6.45, 7) is 3.93. The second kappa shape index (κ2) is 12.5. The Morgan fingerprint density at radius 2 is 1.74 bits per heavy atom. The van der Waals surface area contributed by atoms with Crippen molar-refractivity contribution in [2.45, 2.75) is 71.4 Å². The molecule has 0 bridgehead atoms. The topological polar surface area (TPSA) is 83.9 Å². The van der Waals surface area contributed by atoms with E-state index in [0.717, 1.165) is 5.56 Å². The number of aliphatic hydroxyl groups excluding tert-OH is 1. The predicted molar refractivity (Wildman–Crippen MR) is 125 cm³/mol. The van der Waals surface area contributed by atoms with E-state index in [9.17, 15) is 23.1 Å². The fraction of sp³-hybridized carbons (Fsp3) is 0.500. The third-order valence-electron chi connectivity index (χ3n) is 4.98. The lowest BCUT2D eigenvalue weighted by Gasteiger charge is -2.41. The number of hydrogen-bond donors (Lipinski definition) is 2. The highest BCUT2D eigenvalue weighted by molar-refractivity contribution is 6.03. The highest BCUT2D eigenvalue weighted by Crippen LogP contribution is 2.36. The number of aromatic nitrogens is 1. The third kappa shape index (κ3) is 7.51. The predicted octanol–water partition coefficient (Wildman–Crippen LogP) is 5.74. The van der Waals surface area contributed by atoms with Gasteiger partial charge in [0.05, 0.1) is 19.4 Å². The number of amides is 2. The van der Waals surface area contributed by atoms with Gasteiger partial charge in [0, 0.05) is 17.8 Å². The van der Waals surface area contributed by atoms with Crippen LogP contribution in [0.1, 0.15) is 52.0 Å². The molecule has 1 fully saturated rings. The summed E-state index contributed by atoms with van der Waals surface area (Å²) < 4.78 is 46.0. The molecule has 34 heavy (non-hydrogen) atoms. The van der Waals surface area contributed by atoms with Crippen molar-refractivity contribution in [1.29, 1.82) is 0 Å². The smallest absolute Gasteiger partial charge is 0.388 e. The molecule has 3 rings (SSSR count). The average molecular weight is 484 g/mol. The van der Waals surface area contributed by atoms with Crippen LogP contribution in [0.25, 0.3) is 0 Å². The summed E-state index contributed by atoms with van der Waals surface area (Å²) in [7, 11) is 1.35. The van der Waals surface area contributed by atoms with Gasteiger partial charge in [0.2, 0.25) is 11.8 Å². The molecule has 1 aliphatic carbocycles. The van der Waals surface area contributed by atoms with E-state index in [2.05, 4.69) is 15.0 Å². The number of benzene rings is 1. The minimum Gasteiger partial charge on any atom is -0.481 e. The second-order valence-corrected chi connectivity index (χ2v) is 8.39. The van der Waals surface area contributed by atoms with Crippen molar-refractivity contribution in [1.82, 2.24) is 4.98 Å².